The van der Waals surface area contributed by atoms with E-state index in [2.05, 4.69) is 4.98 Å². The lowest BCUT2D eigenvalue weighted by molar-refractivity contribution is 0.0787. The van der Waals surface area contributed by atoms with Gasteiger partial charge in [-0.2, -0.15) is 0 Å². The van der Waals surface area contributed by atoms with E-state index < -0.39 is 21.5 Å². The van der Waals surface area contributed by atoms with E-state index in [4.69, 9.17) is 0 Å². The average Bonchev–Trinajstić information content (AvgIpc) is 2.34. The number of aromatic nitrogens is 1. The van der Waals surface area contributed by atoms with Crippen molar-refractivity contribution in [3.05, 3.63) is 24.0 Å². The van der Waals surface area contributed by atoms with Crippen LogP contribution in [0, 0.1) is 0 Å². The van der Waals surface area contributed by atoms with Crippen LogP contribution >= 0.6 is 0 Å². The summed E-state index contributed by atoms with van der Waals surface area (Å²) in [5.74, 6) is -0.482. The van der Waals surface area contributed by atoms with Crippen LogP contribution in [0.15, 0.2) is 23.4 Å². The first-order valence-electron chi connectivity index (χ1n) is 4.80. The summed E-state index contributed by atoms with van der Waals surface area (Å²) in [7, 11) is -3.73. The van der Waals surface area contributed by atoms with Crippen molar-refractivity contribution < 1.29 is 13.2 Å². The number of sulfonamides is 1. The minimum absolute atomic E-state index is 0.00470. The van der Waals surface area contributed by atoms with Gasteiger partial charge in [0.15, 0.2) is 0 Å². The van der Waals surface area contributed by atoms with Gasteiger partial charge in [0, 0.05) is 12.4 Å². The zero-order valence-corrected chi connectivity index (χ0v) is 10.1. The molecule has 0 radical (unpaired) electrons. The normalized spacial score (nSPS) is 18.7. The summed E-state index contributed by atoms with van der Waals surface area (Å²) in [5.41, 5.74) is -0.570. The zero-order valence-electron chi connectivity index (χ0n) is 9.26. The molecule has 0 unspecified atom stereocenters. The molecule has 0 saturated heterocycles. The van der Waals surface area contributed by atoms with Gasteiger partial charge in [-0.3, -0.25) is 9.78 Å². The minimum atomic E-state index is -3.73. The van der Waals surface area contributed by atoms with Gasteiger partial charge in [-0.25, -0.2) is 12.7 Å². The van der Waals surface area contributed by atoms with Crippen molar-refractivity contribution in [3.63, 3.8) is 0 Å². The lowest BCUT2D eigenvalue weighted by Crippen LogP contribution is -2.45. The van der Waals surface area contributed by atoms with E-state index in [0.717, 1.165) is 4.31 Å². The predicted molar refractivity (Wildman–Crippen MR) is 57.3 cm³/mol. The lowest BCUT2D eigenvalue weighted by Gasteiger charge is -2.29. The fourth-order valence-electron chi connectivity index (χ4n) is 1.74. The highest BCUT2D eigenvalue weighted by Gasteiger charge is 2.46. The molecule has 0 saturated carbocycles. The van der Waals surface area contributed by atoms with Crippen molar-refractivity contribution in [2.75, 3.05) is 0 Å². The Hall–Kier alpha value is -1.43. The number of hydrogen-bond donors (Lipinski definition) is 0. The number of carbonyl (C=O) groups excluding carboxylic acids is 1. The lowest BCUT2D eigenvalue weighted by atomic mass is 10.1. The molecule has 2 rings (SSSR count). The quantitative estimate of drug-likeness (QED) is 0.679. The third-order valence-electron chi connectivity index (χ3n) is 2.33. The Morgan fingerprint density at radius 2 is 1.94 bits per heavy atom. The Labute approximate surface area is 94.2 Å². The number of fused-ring (bicyclic) bond motifs is 1. The fraction of sp³-hybridized carbons (Fsp3) is 0.400. The molecule has 2 heterocycles. The molecule has 6 heteroatoms. The molecule has 5 nitrogen and oxygen atoms in total. The molecule has 0 spiro atoms. The summed E-state index contributed by atoms with van der Waals surface area (Å²) < 4.78 is 25.1. The standard InChI is InChI=1S/C10H12N2O3S/c1-10(2,3)12-9(13)7-4-5-11-6-8(7)16(12,14)15/h4-6H,1-3H3. The van der Waals surface area contributed by atoms with E-state index in [0.29, 0.717) is 0 Å². The van der Waals surface area contributed by atoms with E-state index in [1.54, 1.807) is 20.8 Å². The number of pyridine rings is 1. The SMILES string of the molecule is CC(C)(C)N1C(=O)c2ccncc2S1(=O)=O. The highest BCUT2D eigenvalue weighted by molar-refractivity contribution is 7.90. The number of amides is 1. The molecular weight excluding hydrogens is 228 g/mol. The Kier molecular flexibility index (Phi) is 2.10. The highest BCUT2D eigenvalue weighted by atomic mass is 32.2. The van der Waals surface area contributed by atoms with Gasteiger partial charge >= 0.3 is 0 Å². The van der Waals surface area contributed by atoms with E-state index in [9.17, 15) is 13.2 Å². The van der Waals surface area contributed by atoms with Gasteiger partial charge in [0.2, 0.25) is 0 Å². The monoisotopic (exact) mass is 240 g/mol. The van der Waals surface area contributed by atoms with Crippen LogP contribution in [0.3, 0.4) is 0 Å². The number of rotatable bonds is 0. The first-order valence-corrected chi connectivity index (χ1v) is 6.24. The average molecular weight is 240 g/mol. The van der Waals surface area contributed by atoms with Crippen LogP contribution in [-0.4, -0.2) is 29.2 Å². The number of carbonyl (C=O) groups is 1. The van der Waals surface area contributed by atoms with Crippen LogP contribution in [0.1, 0.15) is 31.1 Å². The van der Waals surface area contributed by atoms with Crippen LogP contribution in [0.5, 0.6) is 0 Å². The summed E-state index contributed by atoms with van der Waals surface area (Å²) in [5, 5.41) is 0. The van der Waals surface area contributed by atoms with Gasteiger partial charge in [-0.15, -0.1) is 0 Å². The van der Waals surface area contributed by atoms with E-state index in [-0.39, 0.29) is 10.5 Å². The molecule has 86 valence electrons. The van der Waals surface area contributed by atoms with Crippen LogP contribution in [0.25, 0.3) is 0 Å². The van der Waals surface area contributed by atoms with Gasteiger partial charge < -0.3 is 0 Å². The zero-order chi connectivity index (χ0) is 12.1. The molecule has 0 fully saturated rings. The molecule has 0 atom stereocenters. The van der Waals surface area contributed by atoms with Gasteiger partial charge in [0.25, 0.3) is 15.9 Å². The molecule has 1 aliphatic heterocycles. The van der Waals surface area contributed by atoms with E-state index in [1.165, 1.54) is 18.5 Å². The van der Waals surface area contributed by atoms with Crippen molar-refractivity contribution in [2.24, 2.45) is 0 Å². The molecular formula is C10H12N2O3S. The summed E-state index contributed by atoms with van der Waals surface area (Å²) in [6, 6.07) is 1.43. The van der Waals surface area contributed by atoms with Crippen molar-refractivity contribution >= 4 is 15.9 Å². The van der Waals surface area contributed by atoms with Crippen molar-refractivity contribution in [1.29, 1.82) is 0 Å². The first-order chi connectivity index (χ1) is 7.26. The molecule has 0 aromatic carbocycles. The second-order valence-electron chi connectivity index (χ2n) is 4.62. The van der Waals surface area contributed by atoms with Gasteiger partial charge in [-0.1, -0.05) is 0 Å². The maximum absolute atomic E-state index is 12.1. The van der Waals surface area contributed by atoms with E-state index >= 15 is 0 Å². The summed E-state index contributed by atoms with van der Waals surface area (Å²) in [6.07, 6.45) is 2.63. The minimum Gasteiger partial charge on any atom is -0.268 e. The van der Waals surface area contributed by atoms with Crippen LogP contribution in [0.4, 0.5) is 0 Å². The largest absolute Gasteiger partial charge is 0.269 e. The second-order valence-corrected chi connectivity index (χ2v) is 6.37. The Morgan fingerprint density at radius 1 is 1.31 bits per heavy atom. The predicted octanol–water partition coefficient (Wildman–Crippen LogP) is 1.02. The summed E-state index contributed by atoms with van der Waals surface area (Å²) in [4.78, 5) is 15.7. The topological polar surface area (TPSA) is 67.3 Å². The Balaban J connectivity index is 2.73. The summed E-state index contributed by atoms with van der Waals surface area (Å²) >= 11 is 0. The molecule has 1 aromatic heterocycles. The highest BCUT2D eigenvalue weighted by Crippen LogP contribution is 2.34. The third kappa shape index (κ3) is 1.33. The first kappa shape index (κ1) is 11.1. The van der Waals surface area contributed by atoms with Crippen molar-refractivity contribution in [1.82, 2.24) is 9.29 Å². The van der Waals surface area contributed by atoms with Crippen LogP contribution < -0.4 is 0 Å². The summed E-state index contributed by atoms with van der Waals surface area (Å²) in [6.45, 7) is 5.05. The molecule has 0 N–H and O–H groups in total. The molecule has 0 aliphatic carbocycles. The second kappa shape index (κ2) is 3.04. The molecule has 1 aliphatic rings. The van der Waals surface area contributed by atoms with Crippen LogP contribution in [-0.2, 0) is 10.0 Å². The smallest absolute Gasteiger partial charge is 0.268 e. The molecule has 0 bridgehead atoms. The number of nitrogens with zero attached hydrogens (tertiary/aromatic N) is 2. The maximum atomic E-state index is 12.1. The van der Waals surface area contributed by atoms with Crippen LogP contribution in [0.2, 0.25) is 0 Å². The fourth-order valence-corrected chi connectivity index (χ4v) is 3.61. The van der Waals surface area contributed by atoms with Crippen molar-refractivity contribution in [3.8, 4) is 0 Å². The van der Waals surface area contributed by atoms with Gasteiger partial charge in [0.05, 0.1) is 11.1 Å². The maximum Gasteiger partial charge on any atom is 0.269 e. The third-order valence-corrected chi connectivity index (χ3v) is 4.40. The van der Waals surface area contributed by atoms with E-state index in [1.807, 2.05) is 0 Å². The molecule has 16 heavy (non-hydrogen) atoms. The van der Waals surface area contributed by atoms with Gasteiger partial charge in [0.1, 0.15) is 4.90 Å². The van der Waals surface area contributed by atoms with Crippen molar-refractivity contribution in [2.45, 2.75) is 31.2 Å². The van der Waals surface area contributed by atoms with Gasteiger partial charge in [-0.05, 0) is 26.8 Å². The number of hydrogen-bond acceptors (Lipinski definition) is 4. The Bertz CT molecular complexity index is 558. The molecule has 1 aromatic rings. The Morgan fingerprint density at radius 3 is 2.44 bits per heavy atom. The molecule has 1 amide bonds.